The lowest BCUT2D eigenvalue weighted by molar-refractivity contribution is 0.367. The molecule has 2 unspecified atom stereocenters. The molecule has 4 heteroatoms. The number of nitriles is 2. The van der Waals surface area contributed by atoms with Crippen LogP contribution in [0.5, 0.6) is 0 Å². The minimum atomic E-state index is -0.763. The molecule has 0 amide bonds. The van der Waals surface area contributed by atoms with Crippen LogP contribution in [0.3, 0.4) is 0 Å². The van der Waals surface area contributed by atoms with Crippen LogP contribution in [0.2, 0.25) is 0 Å². The Hall–Kier alpha value is -1.42. The highest BCUT2D eigenvalue weighted by Gasteiger charge is 2.27. The van der Waals surface area contributed by atoms with Crippen molar-refractivity contribution >= 4 is 0 Å². The second-order valence-corrected chi connectivity index (χ2v) is 6.23. The first-order chi connectivity index (χ1) is 8.14. The van der Waals surface area contributed by atoms with Crippen molar-refractivity contribution in [3.05, 3.63) is 0 Å². The van der Waals surface area contributed by atoms with Gasteiger partial charge in [0.2, 0.25) is 0 Å². The molecule has 4 nitrogen and oxygen atoms in total. The van der Waals surface area contributed by atoms with E-state index >= 15 is 0 Å². The van der Waals surface area contributed by atoms with Crippen LogP contribution in [0.25, 0.3) is 0 Å². The Morgan fingerprint density at radius 2 is 1.56 bits per heavy atom. The van der Waals surface area contributed by atoms with Crippen LogP contribution >= 0.6 is 0 Å². The monoisotopic (exact) mass is 248 g/mol. The highest BCUT2D eigenvalue weighted by atomic mass is 15.2. The van der Waals surface area contributed by atoms with Crippen molar-refractivity contribution in [2.45, 2.75) is 65.5 Å². The fourth-order valence-corrected chi connectivity index (χ4v) is 1.99. The summed E-state index contributed by atoms with van der Waals surface area (Å²) in [6, 6.07) is 4.42. The van der Waals surface area contributed by atoms with Crippen LogP contribution in [0, 0.1) is 34.5 Å². The minimum Gasteiger partial charge on any atom is -0.198 e. The third-order valence-corrected chi connectivity index (χ3v) is 2.61. The third kappa shape index (κ3) is 6.35. The van der Waals surface area contributed by atoms with Gasteiger partial charge < -0.3 is 0 Å². The van der Waals surface area contributed by atoms with Crippen LogP contribution in [0.4, 0.5) is 0 Å². The van der Waals surface area contributed by atoms with Gasteiger partial charge in [0.25, 0.3) is 0 Å². The summed E-state index contributed by atoms with van der Waals surface area (Å²) in [4.78, 5) is 0. The summed E-state index contributed by atoms with van der Waals surface area (Å²) in [5, 5.41) is 26.5. The zero-order valence-electron chi connectivity index (χ0n) is 12.4. The molecule has 18 heavy (non-hydrogen) atoms. The highest BCUT2D eigenvalue weighted by molar-refractivity contribution is 5.04. The average molecular weight is 248 g/mol. The Morgan fingerprint density at radius 1 is 1.00 bits per heavy atom. The molecule has 0 rings (SSSR count). The van der Waals surface area contributed by atoms with Crippen LogP contribution < -0.4 is 0 Å². The molecule has 0 aromatic heterocycles. The maximum atomic E-state index is 9.20. The largest absolute Gasteiger partial charge is 0.198 e. The predicted octanol–water partition coefficient (Wildman–Crippen LogP) is 4.10. The Balaban J connectivity index is 4.80. The molecular formula is C14H24N4. The lowest BCUT2D eigenvalue weighted by Crippen LogP contribution is -2.25. The van der Waals surface area contributed by atoms with Crippen LogP contribution in [-0.4, -0.2) is 11.1 Å². The van der Waals surface area contributed by atoms with E-state index in [-0.39, 0.29) is 5.92 Å². The van der Waals surface area contributed by atoms with Crippen LogP contribution in [0.1, 0.15) is 54.4 Å². The SMILES string of the molecule is CC(C)CC(C)(C#N)/N=N/C(C)(C)CC(C)C#N. The summed E-state index contributed by atoms with van der Waals surface area (Å²) in [6.07, 6.45) is 1.34. The van der Waals surface area contributed by atoms with Gasteiger partial charge in [-0.05, 0) is 46.5 Å². The number of nitrogens with zero attached hydrogens (tertiary/aromatic N) is 4. The van der Waals surface area contributed by atoms with Crippen molar-refractivity contribution < 1.29 is 0 Å². The molecule has 0 aromatic rings. The van der Waals surface area contributed by atoms with Crippen molar-refractivity contribution in [1.82, 2.24) is 0 Å². The molecule has 0 aliphatic carbocycles. The fraction of sp³-hybridized carbons (Fsp3) is 0.857. The van der Waals surface area contributed by atoms with Crippen molar-refractivity contribution in [2.24, 2.45) is 22.1 Å². The molecule has 0 spiro atoms. The topological polar surface area (TPSA) is 72.3 Å². The van der Waals surface area contributed by atoms with E-state index < -0.39 is 11.1 Å². The quantitative estimate of drug-likeness (QED) is 0.664. The maximum Gasteiger partial charge on any atom is 0.164 e. The maximum absolute atomic E-state index is 9.20. The highest BCUT2D eigenvalue weighted by Crippen LogP contribution is 2.25. The lowest BCUT2D eigenvalue weighted by atomic mass is 9.92. The molecule has 0 radical (unpaired) electrons. The van der Waals surface area contributed by atoms with Gasteiger partial charge in [0.15, 0.2) is 5.54 Å². The van der Waals surface area contributed by atoms with E-state index in [1.807, 2.05) is 20.8 Å². The molecule has 0 heterocycles. The van der Waals surface area contributed by atoms with Gasteiger partial charge in [-0.1, -0.05) is 13.8 Å². The molecule has 0 aliphatic heterocycles. The Labute approximate surface area is 111 Å². The summed E-state index contributed by atoms with van der Waals surface area (Å²) < 4.78 is 0. The summed E-state index contributed by atoms with van der Waals surface area (Å²) >= 11 is 0. The van der Waals surface area contributed by atoms with Gasteiger partial charge in [0.05, 0.1) is 17.7 Å². The smallest absolute Gasteiger partial charge is 0.164 e. The second-order valence-electron chi connectivity index (χ2n) is 6.23. The van der Waals surface area contributed by atoms with Crippen molar-refractivity contribution in [3.63, 3.8) is 0 Å². The molecule has 0 bridgehead atoms. The Kier molecular flexibility index (Phi) is 5.98. The van der Waals surface area contributed by atoms with Gasteiger partial charge in [-0.25, -0.2) is 0 Å². The summed E-state index contributed by atoms with van der Waals surface area (Å²) in [5.74, 6) is 0.340. The molecule has 0 aromatic carbocycles. The van der Waals surface area contributed by atoms with Gasteiger partial charge in [-0.3, -0.25) is 0 Å². The number of azo groups is 1. The molecule has 0 saturated carbocycles. The van der Waals surface area contributed by atoms with Crippen molar-refractivity contribution in [3.8, 4) is 12.1 Å². The van der Waals surface area contributed by atoms with Gasteiger partial charge in [0, 0.05) is 5.92 Å². The van der Waals surface area contributed by atoms with Crippen LogP contribution in [-0.2, 0) is 0 Å². The summed E-state index contributed by atoms with van der Waals surface area (Å²) in [6.45, 7) is 11.7. The van der Waals surface area contributed by atoms with E-state index in [0.717, 1.165) is 0 Å². The first kappa shape index (κ1) is 16.6. The summed E-state index contributed by atoms with van der Waals surface area (Å²) in [5.41, 5.74) is -1.16. The van der Waals surface area contributed by atoms with Gasteiger partial charge in [-0.2, -0.15) is 20.8 Å². The second kappa shape index (κ2) is 6.50. The van der Waals surface area contributed by atoms with E-state index in [0.29, 0.717) is 18.8 Å². The third-order valence-electron chi connectivity index (χ3n) is 2.61. The van der Waals surface area contributed by atoms with E-state index in [2.05, 4.69) is 36.2 Å². The number of hydrogen-bond donors (Lipinski definition) is 0. The minimum absolute atomic E-state index is 0.0580. The zero-order chi connectivity index (χ0) is 14.4. The molecule has 0 fully saturated rings. The predicted molar refractivity (Wildman–Crippen MR) is 71.8 cm³/mol. The van der Waals surface area contributed by atoms with E-state index in [1.165, 1.54) is 0 Å². The normalized spacial score (nSPS) is 17.2. The first-order valence-electron chi connectivity index (χ1n) is 6.39. The molecule has 0 saturated heterocycles. The van der Waals surface area contributed by atoms with Gasteiger partial charge in [0.1, 0.15) is 0 Å². The first-order valence-corrected chi connectivity index (χ1v) is 6.39. The van der Waals surface area contributed by atoms with Crippen LogP contribution in [0.15, 0.2) is 10.2 Å². The lowest BCUT2D eigenvalue weighted by Gasteiger charge is -2.23. The summed E-state index contributed by atoms with van der Waals surface area (Å²) in [7, 11) is 0. The number of hydrogen-bond acceptors (Lipinski definition) is 4. The molecule has 100 valence electrons. The number of rotatable bonds is 6. The molecule has 2 atom stereocenters. The van der Waals surface area contributed by atoms with Crippen molar-refractivity contribution in [2.75, 3.05) is 0 Å². The zero-order valence-corrected chi connectivity index (χ0v) is 12.4. The Morgan fingerprint density at radius 3 is 1.94 bits per heavy atom. The molecular weight excluding hydrogens is 224 g/mol. The van der Waals surface area contributed by atoms with Gasteiger partial charge >= 0.3 is 0 Å². The van der Waals surface area contributed by atoms with Gasteiger partial charge in [-0.15, -0.1) is 0 Å². The van der Waals surface area contributed by atoms with E-state index in [4.69, 9.17) is 5.26 Å². The standard InChI is InChI=1S/C14H24N4/c1-11(2)7-14(6,10-16)18-17-13(4,5)8-12(3)9-15/h11-12H,7-8H2,1-6H3/b18-17+. The Bertz CT molecular complexity index is 370. The fourth-order valence-electron chi connectivity index (χ4n) is 1.99. The average Bonchev–Trinajstić information content (AvgIpc) is 2.25. The van der Waals surface area contributed by atoms with E-state index in [1.54, 1.807) is 6.92 Å². The molecule has 0 N–H and O–H groups in total. The van der Waals surface area contributed by atoms with Crippen molar-refractivity contribution in [1.29, 1.82) is 10.5 Å². The van der Waals surface area contributed by atoms with E-state index in [9.17, 15) is 5.26 Å². The molecule has 0 aliphatic rings.